The second-order valence-corrected chi connectivity index (χ2v) is 7.96. The lowest BCUT2D eigenvalue weighted by Crippen LogP contribution is -2.31. The average molecular weight is 374 g/mol. The molecule has 7 heteroatoms. The number of carbonyl (C=O) groups is 1. The van der Waals surface area contributed by atoms with E-state index in [1.54, 1.807) is 12.1 Å². The third-order valence-electron chi connectivity index (χ3n) is 3.74. The predicted molar refractivity (Wildman–Crippen MR) is 97.3 cm³/mol. The van der Waals surface area contributed by atoms with Crippen LogP contribution in [0.15, 0.2) is 53.4 Å². The maximum atomic E-state index is 13.0. The Hall–Kier alpha value is -2.69. The molecule has 0 aliphatic carbocycles. The van der Waals surface area contributed by atoms with Gasteiger partial charge < -0.3 is 4.90 Å². The molecule has 0 aliphatic heterocycles. The van der Waals surface area contributed by atoms with Gasteiger partial charge in [0.25, 0.3) is 5.91 Å². The first kappa shape index (κ1) is 19.6. The number of rotatable bonds is 6. The molecular formula is C19H19FN2O3S. The van der Waals surface area contributed by atoms with E-state index in [1.807, 2.05) is 0 Å². The van der Waals surface area contributed by atoms with Crippen LogP contribution in [0, 0.1) is 18.2 Å². The minimum Gasteiger partial charge on any atom is -0.323 e. The molecular weight excluding hydrogens is 355 g/mol. The molecule has 2 aromatic rings. The quantitative estimate of drug-likeness (QED) is 0.730. The molecule has 0 saturated heterocycles. The smallest absolute Gasteiger partial charge is 0.254 e. The Morgan fingerprint density at radius 1 is 1.08 bits per heavy atom. The van der Waals surface area contributed by atoms with Gasteiger partial charge in [-0.15, -0.1) is 6.42 Å². The van der Waals surface area contributed by atoms with E-state index in [-0.39, 0.29) is 29.7 Å². The minimum absolute atomic E-state index is 0.0773. The predicted octanol–water partition coefficient (Wildman–Crippen LogP) is 2.35. The normalized spacial score (nSPS) is 11.2. The summed E-state index contributed by atoms with van der Waals surface area (Å²) in [6.45, 7) is 0.301. The fourth-order valence-corrected chi connectivity index (χ4v) is 3.18. The Morgan fingerprint density at radius 2 is 1.65 bits per heavy atom. The summed E-state index contributed by atoms with van der Waals surface area (Å²) < 4.78 is 38.3. The van der Waals surface area contributed by atoms with Gasteiger partial charge in [0, 0.05) is 26.2 Å². The minimum atomic E-state index is -3.56. The molecule has 0 unspecified atom stereocenters. The van der Waals surface area contributed by atoms with Crippen LogP contribution in [0.1, 0.15) is 15.9 Å². The number of nitrogens with zero attached hydrogens (tertiary/aromatic N) is 2. The largest absolute Gasteiger partial charge is 0.323 e. The van der Waals surface area contributed by atoms with E-state index in [1.165, 1.54) is 55.4 Å². The molecule has 0 aliphatic rings. The van der Waals surface area contributed by atoms with Crippen LogP contribution < -0.4 is 0 Å². The number of hydrogen-bond donors (Lipinski definition) is 0. The Labute approximate surface area is 153 Å². The van der Waals surface area contributed by atoms with Gasteiger partial charge in [0.1, 0.15) is 5.82 Å². The zero-order chi connectivity index (χ0) is 19.3. The Bertz CT molecular complexity index is 915. The Kier molecular flexibility index (Phi) is 6.14. The van der Waals surface area contributed by atoms with Crippen molar-refractivity contribution in [1.82, 2.24) is 9.21 Å². The van der Waals surface area contributed by atoms with Gasteiger partial charge in [-0.1, -0.05) is 18.1 Å². The third kappa shape index (κ3) is 4.48. The first-order valence-corrected chi connectivity index (χ1v) is 9.19. The molecule has 5 nitrogen and oxygen atoms in total. The third-order valence-corrected chi connectivity index (χ3v) is 5.57. The molecule has 2 aromatic carbocycles. The summed E-state index contributed by atoms with van der Waals surface area (Å²) in [7, 11) is -0.689. The van der Waals surface area contributed by atoms with Crippen LogP contribution in [-0.2, 0) is 16.6 Å². The van der Waals surface area contributed by atoms with E-state index >= 15 is 0 Å². The van der Waals surface area contributed by atoms with Gasteiger partial charge >= 0.3 is 0 Å². The number of amides is 1. The van der Waals surface area contributed by atoms with Crippen molar-refractivity contribution in [1.29, 1.82) is 0 Å². The Balaban J connectivity index is 2.23. The van der Waals surface area contributed by atoms with Crippen LogP contribution >= 0.6 is 0 Å². The van der Waals surface area contributed by atoms with Crippen molar-refractivity contribution in [2.24, 2.45) is 0 Å². The molecule has 0 bridgehead atoms. The monoisotopic (exact) mass is 374 g/mol. The van der Waals surface area contributed by atoms with E-state index in [0.29, 0.717) is 5.56 Å². The van der Waals surface area contributed by atoms with Gasteiger partial charge in [0.05, 0.1) is 11.4 Å². The summed E-state index contributed by atoms with van der Waals surface area (Å²) in [4.78, 5) is 14.2. The first-order valence-electron chi connectivity index (χ1n) is 7.75. The van der Waals surface area contributed by atoms with E-state index in [0.717, 1.165) is 9.87 Å². The van der Waals surface area contributed by atoms with Crippen molar-refractivity contribution in [3.63, 3.8) is 0 Å². The molecule has 0 fully saturated rings. The number of benzene rings is 2. The molecule has 26 heavy (non-hydrogen) atoms. The SMILES string of the molecule is C#CCN(Cc1ccc(F)cc1)C(=O)c1ccc(S(=O)(=O)N(C)C)cc1. The zero-order valence-corrected chi connectivity index (χ0v) is 15.3. The highest BCUT2D eigenvalue weighted by atomic mass is 32.2. The molecule has 0 radical (unpaired) electrons. The molecule has 0 saturated carbocycles. The molecule has 0 N–H and O–H groups in total. The second-order valence-electron chi connectivity index (χ2n) is 5.80. The summed E-state index contributed by atoms with van der Waals surface area (Å²) in [6, 6.07) is 11.5. The van der Waals surface area contributed by atoms with Crippen molar-refractivity contribution in [3.05, 3.63) is 65.5 Å². The molecule has 0 atom stereocenters. The van der Waals surface area contributed by atoms with E-state index in [4.69, 9.17) is 6.42 Å². The first-order chi connectivity index (χ1) is 12.3. The number of terminal acetylenes is 1. The average Bonchev–Trinajstić information content (AvgIpc) is 2.62. The standard InChI is InChI=1S/C19H19FN2O3S/c1-4-13-22(14-15-5-9-17(20)10-6-15)19(23)16-7-11-18(12-8-16)26(24,25)21(2)3/h1,5-12H,13-14H2,2-3H3. The fourth-order valence-electron chi connectivity index (χ4n) is 2.28. The van der Waals surface area contributed by atoms with Crippen LogP contribution in [0.5, 0.6) is 0 Å². The van der Waals surface area contributed by atoms with Gasteiger partial charge in [-0.2, -0.15) is 0 Å². The summed E-state index contributed by atoms with van der Waals surface area (Å²) in [6.07, 6.45) is 5.35. The topological polar surface area (TPSA) is 57.7 Å². The lowest BCUT2D eigenvalue weighted by atomic mass is 10.1. The van der Waals surface area contributed by atoms with Crippen LogP contribution in [-0.4, -0.2) is 44.2 Å². The van der Waals surface area contributed by atoms with Crippen molar-refractivity contribution < 1.29 is 17.6 Å². The van der Waals surface area contributed by atoms with Crippen molar-refractivity contribution >= 4 is 15.9 Å². The number of halogens is 1. The highest BCUT2D eigenvalue weighted by Gasteiger charge is 2.19. The molecule has 0 heterocycles. The summed E-state index contributed by atoms with van der Waals surface area (Å²) in [5.74, 6) is 1.74. The van der Waals surface area contributed by atoms with Crippen molar-refractivity contribution in [3.8, 4) is 12.3 Å². The van der Waals surface area contributed by atoms with Gasteiger partial charge in [-0.05, 0) is 42.0 Å². The fraction of sp³-hybridized carbons (Fsp3) is 0.211. The van der Waals surface area contributed by atoms with Gasteiger partial charge in [-0.25, -0.2) is 17.1 Å². The summed E-state index contributed by atoms with van der Waals surface area (Å²) >= 11 is 0. The maximum Gasteiger partial charge on any atom is 0.254 e. The molecule has 0 aromatic heterocycles. The van der Waals surface area contributed by atoms with Crippen LogP contribution in [0.3, 0.4) is 0 Å². The van der Waals surface area contributed by atoms with Crippen molar-refractivity contribution in [2.75, 3.05) is 20.6 Å². The van der Waals surface area contributed by atoms with Crippen LogP contribution in [0.4, 0.5) is 4.39 Å². The lowest BCUT2D eigenvalue weighted by molar-refractivity contribution is 0.0765. The lowest BCUT2D eigenvalue weighted by Gasteiger charge is -2.21. The molecule has 2 rings (SSSR count). The number of sulfonamides is 1. The maximum absolute atomic E-state index is 13.0. The van der Waals surface area contributed by atoms with E-state index in [9.17, 15) is 17.6 Å². The molecule has 136 valence electrons. The summed E-state index contributed by atoms with van der Waals surface area (Å²) in [5, 5.41) is 0. The van der Waals surface area contributed by atoms with Gasteiger partial charge in [-0.3, -0.25) is 4.79 Å². The molecule has 0 spiro atoms. The number of hydrogen-bond acceptors (Lipinski definition) is 3. The Morgan fingerprint density at radius 3 is 2.15 bits per heavy atom. The van der Waals surface area contributed by atoms with Crippen LogP contribution in [0.25, 0.3) is 0 Å². The summed E-state index contributed by atoms with van der Waals surface area (Å²) in [5.41, 5.74) is 1.06. The number of carbonyl (C=O) groups excluding carboxylic acids is 1. The highest BCUT2D eigenvalue weighted by molar-refractivity contribution is 7.89. The van der Waals surface area contributed by atoms with E-state index in [2.05, 4.69) is 5.92 Å². The highest BCUT2D eigenvalue weighted by Crippen LogP contribution is 2.16. The van der Waals surface area contributed by atoms with Crippen molar-refractivity contribution in [2.45, 2.75) is 11.4 Å². The zero-order valence-electron chi connectivity index (χ0n) is 14.5. The molecule has 1 amide bonds. The second kappa shape index (κ2) is 8.13. The van der Waals surface area contributed by atoms with Crippen LogP contribution in [0.2, 0.25) is 0 Å². The van der Waals surface area contributed by atoms with Gasteiger partial charge in [0.2, 0.25) is 10.0 Å². The van der Waals surface area contributed by atoms with Gasteiger partial charge in [0.15, 0.2) is 0 Å². The van der Waals surface area contributed by atoms with E-state index < -0.39 is 10.0 Å².